The normalized spacial score (nSPS) is 10.2. The van der Waals surface area contributed by atoms with Gasteiger partial charge in [-0.15, -0.1) is 0 Å². The van der Waals surface area contributed by atoms with Crippen LogP contribution >= 0.6 is 0 Å². The van der Waals surface area contributed by atoms with Crippen LogP contribution in [0.4, 0.5) is 5.69 Å². The van der Waals surface area contributed by atoms with Gasteiger partial charge in [0.05, 0.1) is 17.6 Å². The van der Waals surface area contributed by atoms with Crippen LogP contribution in [0, 0.1) is 17.0 Å². The molecule has 7 heteroatoms. The molecule has 0 spiro atoms. The van der Waals surface area contributed by atoms with Crippen LogP contribution in [0.25, 0.3) is 11.3 Å². The first-order valence-electron chi connectivity index (χ1n) is 5.34. The molecule has 19 heavy (non-hydrogen) atoms. The van der Waals surface area contributed by atoms with Crippen molar-refractivity contribution < 1.29 is 19.0 Å². The van der Waals surface area contributed by atoms with Crippen molar-refractivity contribution in [3.63, 3.8) is 0 Å². The SMILES string of the molecule is COC(=O)c1c(-c2ccccc2[N+](=O)[O-])noc1C. The summed E-state index contributed by atoms with van der Waals surface area (Å²) in [5.41, 5.74) is 0.263. The number of aromatic nitrogens is 1. The van der Waals surface area contributed by atoms with Crippen LogP contribution in [0.2, 0.25) is 0 Å². The van der Waals surface area contributed by atoms with E-state index in [2.05, 4.69) is 9.89 Å². The fourth-order valence-corrected chi connectivity index (χ4v) is 1.73. The van der Waals surface area contributed by atoms with Crippen LogP contribution in [0.15, 0.2) is 28.8 Å². The highest BCUT2D eigenvalue weighted by atomic mass is 16.6. The summed E-state index contributed by atoms with van der Waals surface area (Å²) in [7, 11) is 1.22. The molecular formula is C12H10N2O5. The van der Waals surface area contributed by atoms with E-state index in [-0.39, 0.29) is 28.3 Å². The minimum atomic E-state index is -0.646. The molecular weight excluding hydrogens is 252 g/mol. The number of ether oxygens (including phenoxy) is 1. The molecule has 0 radical (unpaired) electrons. The first-order chi connectivity index (χ1) is 9.06. The number of esters is 1. The summed E-state index contributed by atoms with van der Waals surface area (Å²) in [5.74, 6) is -0.396. The molecule has 1 heterocycles. The standard InChI is InChI=1S/C12H10N2O5/c1-7-10(12(15)18-2)11(13-19-7)8-5-3-4-6-9(8)14(16)17/h3-6H,1-2H3. The Morgan fingerprint density at radius 2 is 2.11 bits per heavy atom. The van der Waals surface area contributed by atoms with Gasteiger partial charge in [-0.05, 0) is 13.0 Å². The monoisotopic (exact) mass is 262 g/mol. The summed E-state index contributed by atoms with van der Waals surface area (Å²) < 4.78 is 9.56. The molecule has 0 aliphatic heterocycles. The lowest BCUT2D eigenvalue weighted by Crippen LogP contribution is -2.04. The molecule has 0 saturated carbocycles. The van der Waals surface area contributed by atoms with Gasteiger partial charge in [0, 0.05) is 6.07 Å². The van der Waals surface area contributed by atoms with Gasteiger partial charge >= 0.3 is 5.97 Å². The number of hydrogen-bond donors (Lipinski definition) is 0. The molecule has 1 aromatic heterocycles. The molecule has 0 atom stereocenters. The Hall–Kier alpha value is -2.70. The Balaban J connectivity index is 2.67. The third-order valence-corrected chi connectivity index (χ3v) is 2.61. The summed E-state index contributed by atoms with van der Waals surface area (Å²) in [6.45, 7) is 1.54. The Morgan fingerprint density at radius 3 is 2.74 bits per heavy atom. The van der Waals surface area contributed by atoms with E-state index in [0.717, 1.165) is 0 Å². The van der Waals surface area contributed by atoms with Gasteiger partial charge in [0.15, 0.2) is 0 Å². The molecule has 1 aromatic carbocycles. The van der Waals surface area contributed by atoms with Gasteiger partial charge in [-0.1, -0.05) is 17.3 Å². The van der Waals surface area contributed by atoms with Gasteiger partial charge in [-0.3, -0.25) is 10.1 Å². The average Bonchev–Trinajstić information content (AvgIpc) is 2.79. The first kappa shape index (κ1) is 12.7. The molecule has 0 amide bonds. The number of nitro groups is 1. The lowest BCUT2D eigenvalue weighted by atomic mass is 10.0. The van der Waals surface area contributed by atoms with Crippen molar-refractivity contribution in [3.8, 4) is 11.3 Å². The maximum absolute atomic E-state index is 11.7. The molecule has 0 fully saturated rings. The smallest absolute Gasteiger partial charge is 0.343 e. The summed E-state index contributed by atoms with van der Waals surface area (Å²) >= 11 is 0. The Bertz CT molecular complexity index is 647. The second kappa shape index (κ2) is 4.89. The molecule has 0 saturated heterocycles. The minimum Gasteiger partial charge on any atom is -0.465 e. The van der Waals surface area contributed by atoms with Crippen molar-refractivity contribution in [2.24, 2.45) is 0 Å². The summed E-state index contributed by atoms with van der Waals surface area (Å²) in [4.78, 5) is 22.1. The minimum absolute atomic E-state index is 0.0943. The third kappa shape index (κ3) is 2.17. The summed E-state index contributed by atoms with van der Waals surface area (Å²) in [6, 6.07) is 5.99. The van der Waals surface area contributed by atoms with Crippen LogP contribution < -0.4 is 0 Å². The van der Waals surface area contributed by atoms with Crippen LogP contribution in [-0.4, -0.2) is 23.2 Å². The van der Waals surface area contributed by atoms with Crippen LogP contribution in [0.1, 0.15) is 16.1 Å². The van der Waals surface area contributed by atoms with Gasteiger partial charge in [0.1, 0.15) is 17.0 Å². The number of aryl methyl sites for hydroxylation is 1. The van der Waals surface area contributed by atoms with E-state index in [9.17, 15) is 14.9 Å². The highest BCUT2D eigenvalue weighted by molar-refractivity contribution is 5.98. The van der Waals surface area contributed by atoms with Crippen LogP contribution in [0.3, 0.4) is 0 Å². The lowest BCUT2D eigenvalue weighted by molar-refractivity contribution is -0.384. The van der Waals surface area contributed by atoms with Gasteiger partial charge in [-0.25, -0.2) is 4.79 Å². The van der Waals surface area contributed by atoms with Gasteiger partial charge < -0.3 is 9.26 Å². The van der Waals surface area contributed by atoms with Crippen LogP contribution in [0.5, 0.6) is 0 Å². The molecule has 2 aromatic rings. The van der Waals surface area contributed by atoms with Crippen molar-refractivity contribution >= 4 is 11.7 Å². The molecule has 0 unspecified atom stereocenters. The zero-order valence-electron chi connectivity index (χ0n) is 10.2. The second-order valence-corrected chi connectivity index (χ2v) is 3.73. The van der Waals surface area contributed by atoms with Crippen molar-refractivity contribution in [2.45, 2.75) is 6.92 Å². The van der Waals surface area contributed by atoms with Gasteiger partial charge in [0.2, 0.25) is 0 Å². The van der Waals surface area contributed by atoms with Crippen molar-refractivity contribution in [1.29, 1.82) is 0 Å². The Labute approximate surface area is 107 Å². The van der Waals surface area contributed by atoms with E-state index >= 15 is 0 Å². The Kier molecular flexibility index (Phi) is 3.28. The van der Waals surface area contributed by atoms with E-state index in [1.165, 1.54) is 32.2 Å². The maximum Gasteiger partial charge on any atom is 0.343 e. The maximum atomic E-state index is 11.7. The molecule has 0 bridgehead atoms. The number of carbonyl (C=O) groups excluding carboxylic acids is 1. The fourth-order valence-electron chi connectivity index (χ4n) is 1.73. The summed E-state index contributed by atoms with van der Waals surface area (Å²) in [5, 5.41) is 14.7. The van der Waals surface area contributed by atoms with E-state index in [1.54, 1.807) is 6.07 Å². The molecule has 7 nitrogen and oxygen atoms in total. The number of rotatable bonds is 3. The number of methoxy groups -OCH3 is 1. The van der Waals surface area contributed by atoms with E-state index in [1.807, 2.05) is 0 Å². The number of para-hydroxylation sites is 1. The highest BCUT2D eigenvalue weighted by Gasteiger charge is 2.26. The number of benzene rings is 1. The molecule has 0 N–H and O–H groups in total. The number of nitrogens with zero attached hydrogens (tertiary/aromatic N) is 2. The predicted molar refractivity (Wildman–Crippen MR) is 64.7 cm³/mol. The van der Waals surface area contributed by atoms with Gasteiger partial charge in [0.25, 0.3) is 5.69 Å². The zero-order valence-corrected chi connectivity index (χ0v) is 10.2. The number of carbonyl (C=O) groups is 1. The fraction of sp³-hybridized carbons (Fsp3) is 0.167. The zero-order chi connectivity index (χ0) is 14.0. The molecule has 98 valence electrons. The molecule has 0 aliphatic rings. The first-order valence-corrected chi connectivity index (χ1v) is 5.34. The van der Waals surface area contributed by atoms with Crippen molar-refractivity contribution in [3.05, 3.63) is 45.7 Å². The quantitative estimate of drug-likeness (QED) is 0.478. The largest absolute Gasteiger partial charge is 0.465 e. The van der Waals surface area contributed by atoms with E-state index in [4.69, 9.17) is 4.52 Å². The third-order valence-electron chi connectivity index (χ3n) is 2.61. The molecule has 0 aliphatic carbocycles. The van der Waals surface area contributed by atoms with E-state index in [0.29, 0.717) is 0 Å². The second-order valence-electron chi connectivity index (χ2n) is 3.73. The summed E-state index contributed by atoms with van der Waals surface area (Å²) in [6.07, 6.45) is 0. The van der Waals surface area contributed by atoms with Crippen LogP contribution in [-0.2, 0) is 4.74 Å². The topological polar surface area (TPSA) is 95.5 Å². The van der Waals surface area contributed by atoms with E-state index < -0.39 is 10.9 Å². The number of hydrogen-bond acceptors (Lipinski definition) is 6. The number of nitro benzene ring substituents is 1. The molecule has 2 rings (SSSR count). The highest BCUT2D eigenvalue weighted by Crippen LogP contribution is 2.32. The van der Waals surface area contributed by atoms with Crippen molar-refractivity contribution in [2.75, 3.05) is 7.11 Å². The average molecular weight is 262 g/mol. The lowest BCUT2D eigenvalue weighted by Gasteiger charge is -2.01. The van der Waals surface area contributed by atoms with Gasteiger partial charge in [-0.2, -0.15) is 0 Å². The predicted octanol–water partition coefficient (Wildman–Crippen LogP) is 2.34. The van der Waals surface area contributed by atoms with Crippen molar-refractivity contribution in [1.82, 2.24) is 5.16 Å². The Morgan fingerprint density at radius 1 is 1.42 bits per heavy atom.